The molecule has 0 aliphatic rings. The Morgan fingerprint density at radius 2 is 0.632 bits per heavy atom. The van der Waals surface area contributed by atoms with E-state index in [1.807, 2.05) is 41.5 Å². The Hall–Kier alpha value is 0.710. The van der Waals surface area contributed by atoms with Crippen molar-refractivity contribution in [1.29, 1.82) is 0 Å². The van der Waals surface area contributed by atoms with Gasteiger partial charge in [-0.2, -0.15) is 53.4 Å². The SMILES string of the molecule is CC[N-]C.CC[N-]C.CC[N-]CC.CC[N-]CC.[Hf+4]. The number of nitrogens with zero attached hydrogens (tertiary/aromatic N) is 4. The van der Waals surface area contributed by atoms with Crippen molar-refractivity contribution in [3.05, 3.63) is 21.3 Å². The van der Waals surface area contributed by atoms with Crippen molar-refractivity contribution in [3.8, 4) is 0 Å². The minimum atomic E-state index is 0. The van der Waals surface area contributed by atoms with E-state index in [2.05, 4.69) is 21.3 Å². The van der Waals surface area contributed by atoms with Crippen LogP contribution in [-0.4, -0.2) is 53.4 Å². The van der Waals surface area contributed by atoms with Gasteiger partial charge in [0.1, 0.15) is 0 Å². The summed E-state index contributed by atoms with van der Waals surface area (Å²) in [5, 5.41) is 15.4. The van der Waals surface area contributed by atoms with Crippen LogP contribution < -0.4 is 0 Å². The molecule has 0 N–H and O–H groups in total. The van der Waals surface area contributed by atoms with Crippen molar-refractivity contribution in [2.75, 3.05) is 53.4 Å². The van der Waals surface area contributed by atoms with Crippen LogP contribution in [0, 0.1) is 0 Å². The van der Waals surface area contributed by atoms with Crippen LogP contribution in [-0.2, 0) is 25.8 Å². The van der Waals surface area contributed by atoms with E-state index in [1.54, 1.807) is 14.1 Å². The molecule has 19 heavy (non-hydrogen) atoms. The van der Waals surface area contributed by atoms with Crippen molar-refractivity contribution >= 4 is 0 Å². The minimum Gasteiger partial charge on any atom is -0.665 e. The Morgan fingerprint density at radius 1 is 0.474 bits per heavy atom. The Kier molecular flexibility index (Phi) is 85.9. The van der Waals surface area contributed by atoms with Crippen LogP contribution >= 0.6 is 0 Å². The van der Waals surface area contributed by atoms with Crippen LogP contribution in [0.4, 0.5) is 0 Å². The molecular formula is C14H36HfN4. The van der Waals surface area contributed by atoms with Gasteiger partial charge in [-0.1, -0.05) is 41.5 Å². The van der Waals surface area contributed by atoms with E-state index in [-0.39, 0.29) is 25.8 Å². The first-order valence-corrected chi connectivity index (χ1v) is 7.03. The summed E-state index contributed by atoms with van der Waals surface area (Å²) in [7, 11) is 3.61. The topological polar surface area (TPSA) is 56.4 Å². The van der Waals surface area contributed by atoms with E-state index in [9.17, 15) is 0 Å². The second-order valence-electron chi connectivity index (χ2n) is 2.98. The molecule has 0 aromatic heterocycles. The first-order valence-electron chi connectivity index (χ1n) is 7.03. The fourth-order valence-electron chi connectivity index (χ4n) is 0.447. The van der Waals surface area contributed by atoms with E-state index >= 15 is 0 Å². The van der Waals surface area contributed by atoms with Gasteiger partial charge >= 0.3 is 25.8 Å². The molecule has 0 atom stereocenters. The summed E-state index contributed by atoms with van der Waals surface area (Å²) in [5.41, 5.74) is 0. The molecule has 0 heterocycles. The van der Waals surface area contributed by atoms with Gasteiger partial charge in [0.05, 0.1) is 0 Å². The maximum Gasteiger partial charge on any atom is 4.00 e. The molecule has 0 fully saturated rings. The number of hydrogen-bond acceptors (Lipinski definition) is 0. The summed E-state index contributed by atoms with van der Waals surface area (Å²) in [6, 6.07) is 0. The molecule has 0 saturated heterocycles. The maximum atomic E-state index is 3.97. The molecule has 0 aliphatic carbocycles. The number of rotatable bonds is 6. The van der Waals surface area contributed by atoms with Crippen LogP contribution in [0.25, 0.3) is 21.3 Å². The van der Waals surface area contributed by atoms with E-state index in [0.29, 0.717) is 0 Å². The standard InChI is InChI=1S/2C4H10N.2C3H8N.Hf/c2*1-3-5-4-2;2*1-3-4-2;/h2*3-4H2,1-2H3;2*3H2,1-2H3;/q4*-1;+4. The average Bonchev–Trinajstić information content (AvgIpc) is 2.42. The molecule has 5 heteroatoms. The maximum absolute atomic E-state index is 3.97. The van der Waals surface area contributed by atoms with Gasteiger partial charge in [0.15, 0.2) is 0 Å². The molecule has 0 amide bonds. The summed E-state index contributed by atoms with van der Waals surface area (Å²) >= 11 is 0. The summed E-state index contributed by atoms with van der Waals surface area (Å²) in [6.07, 6.45) is 0. The fraction of sp³-hybridized carbons (Fsp3) is 1.00. The van der Waals surface area contributed by atoms with Crippen molar-refractivity contribution in [2.24, 2.45) is 0 Å². The molecule has 4 nitrogen and oxygen atoms in total. The van der Waals surface area contributed by atoms with Crippen LogP contribution in [0.1, 0.15) is 41.5 Å². The summed E-state index contributed by atoms with van der Waals surface area (Å²) in [6.45, 7) is 18.0. The zero-order valence-electron chi connectivity index (χ0n) is 14.5. The molecule has 0 unspecified atom stereocenters. The zero-order valence-corrected chi connectivity index (χ0v) is 18.1. The molecule has 0 radical (unpaired) electrons. The monoisotopic (exact) mass is 440 g/mol. The van der Waals surface area contributed by atoms with E-state index in [0.717, 1.165) is 39.3 Å². The predicted octanol–water partition coefficient (Wildman–Crippen LogP) is 4.82. The molecule has 0 spiro atoms. The third-order valence-electron chi connectivity index (χ3n) is 1.53. The van der Waals surface area contributed by atoms with Gasteiger partial charge in [0.2, 0.25) is 0 Å². The molecule has 0 rings (SSSR count). The quantitative estimate of drug-likeness (QED) is 0.534. The van der Waals surface area contributed by atoms with Crippen LogP contribution in [0.2, 0.25) is 0 Å². The van der Waals surface area contributed by atoms with Gasteiger partial charge in [-0.25, -0.2) is 0 Å². The van der Waals surface area contributed by atoms with Crippen molar-refractivity contribution in [3.63, 3.8) is 0 Å². The van der Waals surface area contributed by atoms with Gasteiger partial charge in [-0.3, -0.25) is 0 Å². The molecule has 0 bridgehead atoms. The van der Waals surface area contributed by atoms with Gasteiger partial charge in [-0.15, -0.1) is 0 Å². The van der Waals surface area contributed by atoms with Gasteiger partial charge < -0.3 is 21.3 Å². The van der Waals surface area contributed by atoms with Crippen molar-refractivity contribution in [1.82, 2.24) is 0 Å². The summed E-state index contributed by atoms with van der Waals surface area (Å²) in [5.74, 6) is 0. The van der Waals surface area contributed by atoms with E-state index in [4.69, 9.17) is 0 Å². The third-order valence-corrected chi connectivity index (χ3v) is 1.53. The second kappa shape index (κ2) is 51.2. The third kappa shape index (κ3) is 116. The molecule has 0 aromatic rings. The summed E-state index contributed by atoms with van der Waals surface area (Å²) in [4.78, 5) is 0. The minimum absolute atomic E-state index is 0. The van der Waals surface area contributed by atoms with Gasteiger partial charge in [0.25, 0.3) is 0 Å². The fourth-order valence-corrected chi connectivity index (χ4v) is 0.447. The molecule has 0 aliphatic heterocycles. The predicted molar refractivity (Wildman–Crippen MR) is 88.5 cm³/mol. The molecule has 0 saturated carbocycles. The van der Waals surface area contributed by atoms with Crippen molar-refractivity contribution in [2.45, 2.75) is 41.5 Å². The Labute approximate surface area is 142 Å². The first kappa shape index (κ1) is 31.9. The normalized spacial score (nSPS) is 7.58. The molecule has 0 aromatic carbocycles. The van der Waals surface area contributed by atoms with Gasteiger partial charge in [0, 0.05) is 0 Å². The van der Waals surface area contributed by atoms with Crippen LogP contribution in [0.5, 0.6) is 0 Å². The summed E-state index contributed by atoms with van der Waals surface area (Å²) < 4.78 is 0. The Balaban J connectivity index is -0.0000000453. The number of hydrogen-bond donors (Lipinski definition) is 0. The van der Waals surface area contributed by atoms with E-state index in [1.165, 1.54) is 0 Å². The Morgan fingerprint density at radius 3 is 0.632 bits per heavy atom. The van der Waals surface area contributed by atoms with Crippen molar-refractivity contribution < 1.29 is 25.8 Å². The first-order chi connectivity index (χ1) is 8.66. The second-order valence-corrected chi connectivity index (χ2v) is 2.98. The smallest absolute Gasteiger partial charge is 0.665 e. The van der Waals surface area contributed by atoms with E-state index < -0.39 is 0 Å². The average molecular weight is 439 g/mol. The Bertz CT molecular complexity index is 67.8. The van der Waals surface area contributed by atoms with Crippen LogP contribution in [0.3, 0.4) is 0 Å². The molecule has 116 valence electrons. The largest absolute Gasteiger partial charge is 4.00 e. The van der Waals surface area contributed by atoms with Gasteiger partial charge in [-0.05, 0) is 0 Å². The zero-order chi connectivity index (χ0) is 15.1. The molecular weight excluding hydrogens is 403 g/mol. The van der Waals surface area contributed by atoms with Crippen LogP contribution in [0.15, 0.2) is 0 Å².